The van der Waals surface area contributed by atoms with E-state index in [2.05, 4.69) is 54.5 Å². The van der Waals surface area contributed by atoms with Gasteiger partial charge < -0.3 is 10.2 Å². The number of nitrogens with one attached hydrogen (secondary N) is 1. The molecule has 0 atom stereocenters. The molecule has 21 heavy (non-hydrogen) atoms. The maximum Gasteiger partial charge on any atom is 0.0468 e. The molecule has 1 aliphatic carbocycles. The highest BCUT2D eigenvalue weighted by Crippen LogP contribution is 2.30. The molecule has 1 aliphatic rings. The first kappa shape index (κ1) is 14.4. The van der Waals surface area contributed by atoms with E-state index in [1.54, 1.807) is 0 Å². The maximum absolute atomic E-state index is 6.20. The molecule has 0 aliphatic heterocycles. The summed E-state index contributed by atoms with van der Waals surface area (Å²) in [6.45, 7) is 3.00. The largest absolute Gasteiger partial charge is 0.344 e. The molecule has 1 N–H and O–H groups in total. The van der Waals surface area contributed by atoms with Crippen molar-refractivity contribution in [1.82, 2.24) is 5.32 Å². The summed E-state index contributed by atoms with van der Waals surface area (Å²) in [6.07, 6.45) is 2.60. The normalized spacial score (nSPS) is 14.2. The van der Waals surface area contributed by atoms with Crippen LogP contribution in [0.3, 0.4) is 0 Å². The van der Waals surface area contributed by atoms with Gasteiger partial charge in [0.05, 0.1) is 0 Å². The van der Waals surface area contributed by atoms with Gasteiger partial charge in [-0.1, -0.05) is 35.4 Å². The Balaban J connectivity index is 1.87. The van der Waals surface area contributed by atoms with E-state index in [1.165, 1.54) is 35.3 Å². The van der Waals surface area contributed by atoms with Crippen LogP contribution in [-0.4, -0.2) is 13.1 Å². The van der Waals surface area contributed by atoms with Gasteiger partial charge in [-0.25, -0.2) is 0 Å². The molecule has 0 amide bonds. The lowest BCUT2D eigenvalue weighted by atomic mass is 10.1. The number of aryl methyl sites for hydroxylation is 1. The highest BCUT2D eigenvalue weighted by Gasteiger charge is 2.21. The number of nitrogens with zero attached hydrogens (tertiary/aromatic N) is 1. The Morgan fingerprint density at radius 3 is 2.52 bits per heavy atom. The van der Waals surface area contributed by atoms with E-state index in [4.69, 9.17) is 11.6 Å². The number of rotatable bonds is 5. The molecule has 0 unspecified atom stereocenters. The lowest BCUT2D eigenvalue weighted by Gasteiger charge is -2.23. The first-order chi connectivity index (χ1) is 10.1. The summed E-state index contributed by atoms with van der Waals surface area (Å²) in [4.78, 5) is 2.20. The van der Waals surface area contributed by atoms with Crippen molar-refractivity contribution < 1.29 is 0 Å². The second kappa shape index (κ2) is 6.08. The highest BCUT2D eigenvalue weighted by molar-refractivity contribution is 6.30. The maximum atomic E-state index is 6.20. The van der Waals surface area contributed by atoms with Gasteiger partial charge >= 0.3 is 0 Å². The van der Waals surface area contributed by atoms with Crippen LogP contribution in [-0.2, 0) is 6.54 Å². The molecule has 3 rings (SSSR count). The van der Waals surface area contributed by atoms with Crippen LogP contribution in [0.25, 0.3) is 0 Å². The molecular formula is C18H21ClN2. The molecule has 1 fully saturated rings. The summed E-state index contributed by atoms with van der Waals surface area (Å²) >= 11 is 6.20. The molecule has 0 radical (unpaired) electrons. The molecule has 110 valence electrons. The SMILES string of the molecule is Cc1ccc(N(C)c2cc(Cl)ccc2CNC2CC2)cc1. The van der Waals surface area contributed by atoms with Crippen molar-refractivity contribution in [2.45, 2.75) is 32.4 Å². The van der Waals surface area contributed by atoms with Gasteiger partial charge in [-0.2, -0.15) is 0 Å². The minimum absolute atomic E-state index is 0.707. The Bertz CT molecular complexity index is 618. The first-order valence-corrected chi connectivity index (χ1v) is 7.83. The van der Waals surface area contributed by atoms with Crippen molar-refractivity contribution in [2.75, 3.05) is 11.9 Å². The molecular weight excluding hydrogens is 280 g/mol. The van der Waals surface area contributed by atoms with Crippen LogP contribution in [0.2, 0.25) is 5.02 Å². The van der Waals surface area contributed by atoms with Gasteiger partial charge in [0.1, 0.15) is 0 Å². The minimum Gasteiger partial charge on any atom is -0.344 e. The summed E-state index contributed by atoms with van der Waals surface area (Å²) in [5.41, 5.74) is 4.90. The third kappa shape index (κ3) is 3.58. The van der Waals surface area contributed by atoms with E-state index in [0.29, 0.717) is 6.04 Å². The average Bonchev–Trinajstić information content (AvgIpc) is 3.30. The Morgan fingerprint density at radius 2 is 1.86 bits per heavy atom. The molecule has 0 spiro atoms. The van der Waals surface area contributed by atoms with Crippen molar-refractivity contribution >= 4 is 23.0 Å². The minimum atomic E-state index is 0.707. The topological polar surface area (TPSA) is 15.3 Å². The van der Waals surface area contributed by atoms with Gasteiger partial charge in [-0.15, -0.1) is 0 Å². The Labute approximate surface area is 131 Å². The van der Waals surface area contributed by atoms with Crippen LogP contribution in [0, 0.1) is 6.92 Å². The van der Waals surface area contributed by atoms with Crippen molar-refractivity contribution in [1.29, 1.82) is 0 Å². The molecule has 1 saturated carbocycles. The molecule has 0 saturated heterocycles. The van der Waals surface area contributed by atoms with Crippen molar-refractivity contribution in [3.05, 3.63) is 58.6 Å². The van der Waals surface area contributed by atoms with Gasteiger partial charge in [0.15, 0.2) is 0 Å². The van der Waals surface area contributed by atoms with E-state index in [0.717, 1.165) is 11.6 Å². The summed E-state index contributed by atoms with van der Waals surface area (Å²) in [7, 11) is 2.09. The van der Waals surface area contributed by atoms with Crippen molar-refractivity contribution in [3.63, 3.8) is 0 Å². The van der Waals surface area contributed by atoms with Crippen LogP contribution in [0.1, 0.15) is 24.0 Å². The van der Waals surface area contributed by atoms with Crippen LogP contribution in [0.4, 0.5) is 11.4 Å². The Morgan fingerprint density at radius 1 is 1.14 bits per heavy atom. The molecule has 2 aromatic rings. The molecule has 0 aromatic heterocycles. The van der Waals surface area contributed by atoms with Crippen LogP contribution < -0.4 is 10.2 Å². The second-order valence-corrected chi connectivity index (χ2v) is 6.26. The van der Waals surface area contributed by atoms with E-state index >= 15 is 0 Å². The summed E-state index contributed by atoms with van der Waals surface area (Å²) < 4.78 is 0. The monoisotopic (exact) mass is 300 g/mol. The Hall–Kier alpha value is -1.51. The van der Waals surface area contributed by atoms with Crippen LogP contribution in [0.15, 0.2) is 42.5 Å². The predicted molar refractivity (Wildman–Crippen MR) is 90.6 cm³/mol. The van der Waals surface area contributed by atoms with Gasteiger partial charge in [-0.05, 0) is 49.6 Å². The third-order valence-electron chi connectivity index (χ3n) is 3.99. The summed E-state index contributed by atoms with van der Waals surface area (Å²) in [6, 6.07) is 15.4. The predicted octanol–water partition coefficient (Wildman–Crippen LogP) is 4.67. The summed E-state index contributed by atoms with van der Waals surface area (Å²) in [5, 5.41) is 4.36. The lowest BCUT2D eigenvalue weighted by Crippen LogP contribution is -2.19. The lowest BCUT2D eigenvalue weighted by molar-refractivity contribution is 0.687. The van der Waals surface area contributed by atoms with E-state index in [-0.39, 0.29) is 0 Å². The average molecular weight is 301 g/mol. The molecule has 2 aromatic carbocycles. The van der Waals surface area contributed by atoms with Crippen LogP contribution >= 0.6 is 11.6 Å². The fourth-order valence-corrected chi connectivity index (χ4v) is 2.61. The smallest absolute Gasteiger partial charge is 0.0468 e. The van der Waals surface area contributed by atoms with E-state index < -0.39 is 0 Å². The quantitative estimate of drug-likeness (QED) is 0.863. The molecule has 0 bridgehead atoms. The number of benzene rings is 2. The summed E-state index contributed by atoms with van der Waals surface area (Å²) in [5.74, 6) is 0. The Kier molecular flexibility index (Phi) is 4.18. The van der Waals surface area contributed by atoms with Gasteiger partial charge in [0.25, 0.3) is 0 Å². The van der Waals surface area contributed by atoms with Crippen molar-refractivity contribution in [3.8, 4) is 0 Å². The fraction of sp³-hybridized carbons (Fsp3) is 0.333. The number of anilines is 2. The molecule has 0 heterocycles. The molecule has 2 nitrogen and oxygen atoms in total. The highest BCUT2D eigenvalue weighted by atomic mass is 35.5. The number of halogens is 1. The van der Waals surface area contributed by atoms with Gasteiger partial charge in [0, 0.05) is 36.0 Å². The van der Waals surface area contributed by atoms with Crippen molar-refractivity contribution in [2.24, 2.45) is 0 Å². The fourth-order valence-electron chi connectivity index (χ4n) is 2.45. The number of hydrogen-bond donors (Lipinski definition) is 1. The number of hydrogen-bond acceptors (Lipinski definition) is 2. The van der Waals surface area contributed by atoms with Gasteiger partial charge in [-0.3, -0.25) is 0 Å². The zero-order valence-corrected chi connectivity index (χ0v) is 13.3. The van der Waals surface area contributed by atoms with Crippen LogP contribution in [0.5, 0.6) is 0 Å². The molecule has 3 heteroatoms. The zero-order chi connectivity index (χ0) is 14.8. The standard InChI is InChI=1S/C18H21ClN2/c1-13-3-9-17(10-4-13)21(2)18-11-15(19)6-5-14(18)12-20-16-7-8-16/h3-6,9-11,16,20H,7-8,12H2,1-2H3. The zero-order valence-electron chi connectivity index (χ0n) is 12.6. The second-order valence-electron chi connectivity index (χ2n) is 5.82. The van der Waals surface area contributed by atoms with E-state index in [9.17, 15) is 0 Å². The third-order valence-corrected chi connectivity index (χ3v) is 4.22. The van der Waals surface area contributed by atoms with E-state index in [1.807, 2.05) is 12.1 Å². The van der Waals surface area contributed by atoms with Gasteiger partial charge in [0.2, 0.25) is 0 Å². The first-order valence-electron chi connectivity index (χ1n) is 7.46.